The second-order valence-corrected chi connectivity index (χ2v) is 9.40. The van der Waals surface area contributed by atoms with Crippen molar-refractivity contribution < 1.29 is 29.0 Å². The number of hydrogen-bond donors (Lipinski definition) is 1. The fourth-order valence-corrected chi connectivity index (χ4v) is 5.34. The van der Waals surface area contributed by atoms with Crippen molar-refractivity contribution in [3.8, 4) is 5.75 Å². The fraction of sp³-hybridized carbons (Fsp3) is 0.250. The van der Waals surface area contributed by atoms with Crippen molar-refractivity contribution in [2.75, 3.05) is 18.6 Å². The van der Waals surface area contributed by atoms with Gasteiger partial charge in [-0.1, -0.05) is 36.5 Å². The van der Waals surface area contributed by atoms with Crippen LogP contribution in [0.1, 0.15) is 50.0 Å². The monoisotopic (exact) mass is 498 g/mol. The lowest BCUT2D eigenvalue weighted by atomic mass is 9.95. The molecule has 0 spiro atoms. The highest BCUT2D eigenvalue weighted by Crippen LogP contribution is 2.44. The van der Waals surface area contributed by atoms with Crippen LogP contribution in [-0.4, -0.2) is 41.5 Å². The number of thiazole rings is 1. The summed E-state index contributed by atoms with van der Waals surface area (Å²) in [5.74, 6) is -1.86. The highest BCUT2D eigenvalue weighted by Gasteiger charge is 2.46. The molecule has 176 valence electrons. The Bertz CT molecular complexity index is 1280. The zero-order valence-corrected chi connectivity index (χ0v) is 20.4. The maximum Gasteiger partial charge on any atom is 0.350 e. The molecule has 0 aliphatic carbocycles. The minimum atomic E-state index is -0.955. The summed E-state index contributed by atoms with van der Waals surface area (Å²) < 4.78 is 10.6. The molecule has 34 heavy (non-hydrogen) atoms. The summed E-state index contributed by atoms with van der Waals surface area (Å²) >= 11 is 2.18. The number of aromatic nitrogens is 1. The number of Topliss-reactive ketones (excluding diaryl/α,β-unsaturated/α-hetero) is 1. The number of methoxy groups -OCH3 is 1. The lowest BCUT2D eigenvalue weighted by Crippen LogP contribution is -2.31. The number of esters is 1. The first-order valence-electron chi connectivity index (χ1n) is 10.5. The number of amides is 1. The second kappa shape index (κ2) is 9.78. The molecule has 1 aliphatic rings. The van der Waals surface area contributed by atoms with Crippen LogP contribution in [0.5, 0.6) is 5.75 Å². The Morgan fingerprint density at radius 3 is 2.71 bits per heavy atom. The van der Waals surface area contributed by atoms with Gasteiger partial charge in [0, 0.05) is 0 Å². The molecule has 4 rings (SSSR count). The summed E-state index contributed by atoms with van der Waals surface area (Å²) in [5.41, 5.74) is 0.905. The number of carbonyl (C=O) groups excluding carboxylic acids is 3. The summed E-state index contributed by atoms with van der Waals surface area (Å²) in [6.07, 6.45) is 0.815. The second-order valence-electron chi connectivity index (χ2n) is 7.47. The van der Waals surface area contributed by atoms with E-state index in [1.54, 1.807) is 48.7 Å². The average molecular weight is 499 g/mol. The van der Waals surface area contributed by atoms with Gasteiger partial charge in [0.15, 0.2) is 10.9 Å². The molecule has 0 saturated heterocycles. The van der Waals surface area contributed by atoms with Gasteiger partial charge in [0.2, 0.25) is 5.78 Å². The summed E-state index contributed by atoms with van der Waals surface area (Å²) in [6.45, 7) is 4.13. The Morgan fingerprint density at radius 1 is 1.24 bits per heavy atom. The molecule has 8 nitrogen and oxygen atoms in total. The molecule has 1 unspecified atom stereocenters. The number of benzene rings is 1. The predicted octanol–water partition coefficient (Wildman–Crippen LogP) is 4.87. The maximum absolute atomic E-state index is 13.4. The molecule has 2 aromatic heterocycles. The number of aryl methyl sites for hydroxylation is 1. The van der Waals surface area contributed by atoms with Crippen LogP contribution >= 0.6 is 22.7 Å². The SMILES string of the molecule is CCCOc1cccc(C2C(C(=O)c3cccs3)=C(O)C(=O)N2c2nc(C)c(C(=O)OC)s2)c1. The molecule has 0 saturated carbocycles. The Morgan fingerprint density at radius 2 is 2.03 bits per heavy atom. The third kappa shape index (κ3) is 4.22. The van der Waals surface area contributed by atoms with Crippen LogP contribution < -0.4 is 9.64 Å². The summed E-state index contributed by atoms with van der Waals surface area (Å²) in [6, 6.07) is 9.45. The van der Waals surface area contributed by atoms with Gasteiger partial charge >= 0.3 is 5.97 Å². The molecule has 3 heterocycles. The number of ketones is 1. The number of anilines is 1. The molecular weight excluding hydrogens is 476 g/mol. The van der Waals surface area contributed by atoms with Gasteiger partial charge in [-0.3, -0.25) is 14.5 Å². The first kappa shape index (κ1) is 23.7. The third-order valence-electron chi connectivity index (χ3n) is 5.21. The average Bonchev–Trinajstić information content (AvgIpc) is 3.56. The molecule has 10 heteroatoms. The van der Waals surface area contributed by atoms with Gasteiger partial charge in [0.05, 0.1) is 35.9 Å². The predicted molar refractivity (Wildman–Crippen MR) is 129 cm³/mol. The quantitative estimate of drug-likeness (QED) is 0.349. The number of rotatable bonds is 8. The van der Waals surface area contributed by atoms with Gasteiger partial charge in [0.1, 0.15) is 10.6 Å². The van der Waals surface area contributed by atoms with Crippen molar-refractivity contribution in [1.29, 1.82) is 0 Å². The molecular formula is C24H22N2O6S2. The van der Waals surface area contributed by atoms with Gasteiger partial charge in [-0.2, -0.15) is 0 Å². The molecule has 0 fully saturated rings. The largest absolute Gasteiger partial charge is 0.503 e. The Balaban J connectivity index is 1.85. The highest BCUT2D eigenvalue weighted by molar-refractivity contribution is 7.17. The Labute approximate surface area is 204 Å². The van der Waals surface area contributed by atoms with E-state index >= 15 is 0 Å². The first-order valence-corrected chi connectivity index (χ1v) is 12.2. The molecule has 1 N–H and O–H groups in total. The van der Waals surface area contributed by atoms with E-state index in [1.807, 2.05) is 6.92 Å². The summed E-state index contributed by atoms with van der Waals surface area (Å²) in [7, 11) is 1.26. The standard InChI is InChI=1S/C24H22N2O6S2/c1-4-10-32-15-8-5-7-14(12-15)18-17(19(27)16-9-6-11-33-16)20(28)22(29)26(18)24-25-13(2)21(34-24)23(30)31-3/h5-9,11-12,18,28H,4,10H2,1-3H3. The zero-order chi connectivity index (χ0) is 24.4. The Kier molecular flexibility index (Phi) is 6.80. The molecule has 0 bridgehead atoms. The van der Waals surface area contributed by atoms with Crippen LogP contribution in [0.15, 0.2) is 53.1 Å². The van der Waals surface area contributed by atoms with Crippen LogP contribution in [0.25, 0.3) is 0 Å². The van der Waals surface area contributed by atoms with E-state index in [0.29, 0.717) is 28.5 Å². The van der Waals surface area contributed by atoms with Gasteiger partial charge < -0.3 is 14.6 Å². The molecule has 1 atom stereocenters. The van der Waals surface area contributed by atoms with Gasteiger partial charge in [-0.25, -0.2) is 9.78 Å². The molecule has 0 radical (unpaired) electrons. The highest BCUT2D eigenvalue weighted by atomic mass is 32.1. The van der Waals surface area contributed by atoms with E-state index in [9.17, 15) is 19.5 Å². The normalized spacial score (nSPS) is 15.7. The van der Waals surface area contributed by atoms with E-state index in [-0.39, 0.29) is 15.6 Å². The van der Waals surface area contributed by atoms with Crippen molar-refractivity contribution in [1.82, 2.24) is 4.98 Å². The van der Waals surface area contributed by atoms with E-state index in [0.717, 1.165) is 17.8 Å². The zero-order valence-electron chi connectivity index (χ0n) is 18.7. The van der Waals surface area contributed by atoms with Crippen molar-refractivity contribution in [3.05, 3.63) is 74.1 Å². The number of ether oxygens (including phenoxy) is 2. The number of nitrogens with zero attached hydrogens (tertiary/aromatic N) is 2. The van der Waals surface area contributed by atoms with Gasteiger partial charge in [0.25, 0.3) is 5.91 Å². The van der Waals surface area contributed by atoms with Crippen LogP contribution in [-0.2, 0) is 9.53 Å². The Hall–Kier alpha value is -3.50. The number of thiophene rings is 1. The lowest BCUT2D eigenvalue weighted by Gasteiger charge is -2.24. The molecule has 1 amide bonds. The minimum absolute atomic E-state index is 0.0486. The van der Waals surface area contributed by atoms with Crippen molar-refractivity contribution >= 4 is 45.5 Å². The van der Waals surface area contributed by atoms with Gasteiger partial charge in [-0.15, -0.1) is 11.3 Å². The lowest BCUT2D eigenvalue weighted by molar-refractivity contribution is -0.117. The number of hydrogen-bond acceptors (Lipinski definition) is 9. The third-order valence-corrected chi connectivity index (χ3v) is 7.21. The molecule has 1 aliphatic heterocycles. The first-order chi connectivity index (χ1) is 16.4. The fourth-order valence-electron chi connectivity index (χ4n) is 3.65. The minimum Gasteiger partial charge on any atom is -0.503 e. The molecule has 3 aromatic rings. The summed E-state index contributed by atoms with van der Waals surface area (Å²) in [5, 5.41) is 12.8. The topological polar surface area (TPSA) is 106 Å². The molecule has 1 aromatic carbocycles. The van der Waals surface area contributed by atoms with E-state index in [4.69, 9.17) is 9.47 Å². The number of carbonyl (C=O) groups is 3. The van der Waals surface area contributed by atoms with Crippen LogP contribution in [0.4, 0.5) is 5.13 Å². The van der Waals surface area contributed by atoms with Crippen molar-refractivity contribution in [3.63, 3.8) is 0 Å². The maximum atomic E-state index is 13.4. The van der Waals surface area contributed by atoms with E-state index in [2.05, 4.69) is 4.98 Å². The van der Waals surface area contributed by atoms with Crippen LogP contribution in [0, 0.1) is 6.92 Å². The van der Waals surface area contributed by atoms with E-state index < -0.39 is 29.5 Å². The number of aliphatic hydroxyl groups is 1. The van der Waals surface area contributed by atoms with Crippen LogP contribution in [0.2, 0.25) is 0 Å². The van der Waals surface area contributed by atoms with Gasteiger partial charge in [-0.05, 0) is 42.5 Å². The summed E-state index contributed by atoms with van der Waals surface area (Å²) in [4.78, 5) is 45.1. The van der Waals surface area contributed by atoms with Crippen molar-refractivity contribution in [2.24, 2.45) is 0 Å². The van der Waals surface area contributed by atoms with E-state index in [1.165, 1.54) is 23.3 Å². The van der Waals surface area contributed by atoms with Crippen molar-refractivity contribution in [2.45, 2.75) is 26.3 Å². The van der Waals surface area contributed by atoms with Crippen LogP contribution in [0.3, 0.4) is 0 Å². The number of aliphatic hydroxyl groups excluding tert-OH is 1. The smallest absolute Gasteiger partial charge is 0.350 e.